The molecule has 1 aromatic heterocycles. The molecule has 0 aromatic carbocycles. The number of aryl methyl sites for hydroxylation is 1. The highest BCUT2D eigenvalue weighted by atomic mass is 16.5. The van der Waals surface area contributed by atoms with E-state index in [4.69, 9.17) is 10.00 Å². The molecule has 0 N–H and O–H groups in total. The van der Waals surface area contributed by atoms with Gasteiger partial charge in [0.1, 0.15) is 11.6 Å². The quantitative estimate of drug-likeness (QED) is 0.439. The molecule has 4 heteroatoms. The molecule has 0 radical (unpaired) electrons. The van der Waals surface area contributed by atoms with Gasteiger partial charge in [-0.2, -0.15) is 5.26 Å². The second-order valence-electron chi connectivity index (χ2n) is 3.12. The van der Waals surface area contributed by atoms with E-state index < -0.39 is 5.97 Å². The molecule has 0 bridgehead atoms. The molecule has 0 aliphatic rings. The standard InChI is InChI=1S/C12H12N2O2/c1-3-16-12(15)11(8-13)7-10-4-5-14-9(2)6-10/h4-7H,3H2,1-2H3. The summed E-state index contributed by atoms with van der Waals surface area (Å²) in [6.45, 7) is 3.80. The maximum atomic E-state index is 11.3. The number of ether oxygens (including phenoxy) is 1. The van der Waals surface area contributed by atoms with Gasteiger partial charge in [-0.1, -0.05) is 0 Å². The Labute approximate surface area is 94.2 Å². The molecule has 0 aliphatic carbocycles. The molecule has 1 rings (SSSR count). The largest absolute Gasteiger partial charge is 0.462 e. The van der Waals surface area contributed by atoms with Gasteiger partial charge >= 0.3 is 5.97 Å². The summed E-state index contributed by atoms with van der Waals surface area (Å²) in [5.74, 6) is -0.598. The lowest BCUT2D eigenvalue weighted by Gasteiger charge is -2.00. The summed E-state index contributed by atoms with van der Waals surface area (Å²) in [6.07, 6.45) is 3.12. The van der Waals surface area contributed by atoms with Gasteiger partial charge in [-0.25, -0.2) is 4.79 Å². The van der Waals surface area contributed by atoms with Crippen molar-refractivity contribution in [3.8, 4) is 6.07 Å². The van der Waals surface area contributed by atoms with Gasteiger partial charge in [0.05, 0.1) is 6.61 Å². The van der Waals surface area contributed by atoms with Crippen molar-refractivity contribution in [3.05, 3.63) is 35.2 Å². The summed E-state index contributed by atoms with van der Waals surface area (Å²) in [5.41, 5.74) is 1.58. The number of aromatic nitrogens is 1. The zero-order chi connectivity index (χ0) is 12.0. The number of rotatable bonds is 3. The maximum Gasteiger partial charge on any atom is 0.348 e. The highest BCUT2D eigenvalue weighted by Crippen LogP contribution is 2.08. The van der Waals surface area contributed by atoms with E-state index in [-0.39, 0.29) is 12.2 Å². The van der Waals surface area contributed by atoms with Crippen LogP contribution in [0.1, 0.15) is 18.2 Å². The van der Waals surface area contributed by atoms with Gasteiger partial charge in [-0.15, -0.1) is 0 Å². The van der Waals surface area contributed by atoms with Crippen LogP contribution >= 0.6 is 0 Å². The Kier molecular flexibility index (Phi) is 4.22. The van der Waals surface area contributed by atoms with Crippen LogP contribution < -0.4 is 0 Å². The molecule has 82 valence electrons. The van der Waals surface area contributed by atoms with Gasteiger partial charge in [0.15, 0.2) is 0 Å². The van der Waals surface area contributed by atoms with Crippen molar-refractivity contribution in [1.29, 1.82) is 5.26 Å². The number of carbonyl (C=O) groups excluding carboxylic acids is 1. The average molecular weight is 216 g/mol. The molecule has 0 aliphatic heterocycles. The Morgan fingerprint density at radius 1 is 1.69 bits per heavy atom. The Bertz CT molecular complexity index is 458. The van der Waals surface area contributed by atoms with E-state index in [9.17, 15) is 4.79 Å². The highest BCUT2D eigenvalue weighted by Gasteiger charge is 2.09. The Morgan fingerprint density at radius 3 is 3.00 bits per heavy atom. The van der Waals surface area contributed by atoms with Gasteiger partial charge in [0.25, 0.3) is 0 Å². The number of pyridine rings is 1. The smallest absolute Gasteiger partial charge is 0.348 e. The first-order valence-corrected chi connectivity index (χ1v) is 4.89. The molecule has 0 atom stereocenters. The third-order valence-electron chi connectivity index (χ3n) is 1.85. The van der Waals surface area contributed by atoms with Gasteiger partial charge in [-0.05, 0) is 37.6 Å². The van der Waals surface area contributed by atoms with Crippen LogP contribution in [0.4, 0.5) is 0 Å². The minimum Gasteiger partial charge on any atom is -0.462 e. The molecular formula is C12H12N2O2. The Hall–Kier alpha value is -2.15. The molecule has 0 spiro atoms. The van der Waals surface area contributed by atoms with Crippen LogP contribution in [0.25, 0.3) is 6.08 Å². The summed E-state index contributed by atoms with van der Waals surface area (Å²) in [5, 5.41) is 8.82. The first kappa shape index (κ1) is 11.9. The van der Waals surface area contributed by atoms with E-state index in [2.05, 4.69) is 4.98 Å². The Morgan fingerprint density at radius 2 is 2.44 bits per heavy atom. The average Bonchev–Trinajstić information content (AvgIpc) is 2.26. The van der Waals surface area contributed by atoms with Crippen LogP contribution in [-0.4, -0.2) is 17.6 Å². The first-order chi connectivity index (χ1) is 7.67. The summed E-state index contributed by atoms with van der Waals surface area (Å²) < 4.78 is 4.75. The third kappa shape index (κ3) is 3.21. The molecule has 1 heterocycles. The second kappa shape index (κ2) is 5.66. The zero-order valence-electron chi connectivity index (χ0n) is 9.23. The van der Waals surface area contributed by atoms with Crippen LogP contribution in [0.3, 0.4) is 0 Å². The van der Waals surface area contributed by atoms with Gasteiger partial charge < -0.3 is 4.74 Å². The summed E-state index contributed by atoms with van der Waals surface area (Å²) in [6, 6.07) is 5.33. The van der Waals surface area contributed by atoms with Crippen molar-refractivity contribution in [2.24, 2.45) is 0 Å². The lowest BCUT2D eigenvalue weighted by molar-refractivity contribution is -0.137. The zero-order valence-corrected chi connectivity index (χ0v) is 9.23. The molecule has 0 amide bonds. The number of hydrogen-bond donors (Lipinski definition) is 0. The minimum atomic E-state index is -0.598. The van der Waals surface area contributed by atoms with E-state index >= 15 is 0 Å². The number of nitriles is 1. The molecule has 0 saturated heterocycles. The molecule has 16 heavy (non-hydrogen) atoms. The van der Waals surface area contributed by atoms with Gasteiger partial charge in [0, 0.05) is 11.9 Å². The Balaban J connectivity index is 2.97. The van der Waals surface area contributed by atoms with E-state index in [1.165, 1.54) is 6.08 Å². The van der Waals surface area contributed by atoms with Crippen molar-refractivity contribution in [2.45, 2.75) is 13.8 Å². The highest BCUT2D eigenvalue weighted by molar-refractivity contribution is 5.97. The molecule has 0 fully saturated rings. The molecular weight excluding hydrogens is 204 g/mol. The summed E-state index contributed by atoms with van der Waals surface area (Å²) in [7, 11) is 0. The maximum absolute atomic E-state index is 11.3. The summed E-state index contributed by atoms with van der Waals surface area (Å²) >= 11 is 0. The van der Waals surface area contributed by atoms with E-state index in [1.807, 2.05) is 13.0 Å². The number of hydrogen-bond acceptors (Lipinski definition) is 4. The van der Waals surface area contributed by atoms with Crippen LogP contribution in [0.2, 0.25) is 0 Å². The van der Waals surface area contributed by atoms with Crippen molar-refractivity contribution in [2.75, 3.05) is 6.61 Å². The predicted octanol–water partition coefficient (Wildman–Crippen LogP) is 1.86. The second-order valence-corrected chi connectivity index (χ2v) is 3.12. The first-order valence-electron chi connectivity index (χ1n) is 4.89. The fourth-order valence-electron chi connectivity index (χ4n) is 1.17. The fourth-order valence-corrected chi connectivity index (χ4v) is 1.17. The molecule has 0 unspecified atom stereocenters. The predicted molar refractivity (Wildman–Crippen MR) is 59.2 cm³/mol. The normalized spacial score (nSPS) is 10.7. The molecule has 0 saturated carbocycles. The lowest BCUT2D eigenvalue weighted by atomic mass is 10.1. The van der Waals surface area contributed by atoms with Crippen molar-refractivity contribution in [1.82, 2.24) is 4.98 Å². The van der Waals surface area contributed by atoms with Gasteiger partial charge in [-0.3, -0.25) is 4.98 Å². The van der Waals surface area contributed by atoms with E-state index in [0.29, 0.717) is 0 Å². The fraction of sp³-hybridized carbons (Fsp3) is 0.250. The number of nitrogens with zero attached hydrogens (tertiary/aromatic N) is 2. The van der Waals surface area contributed by atoms with Gasteiger partial charge in [0.2, 0.25) is 0 Å². The summed E-state index contributed by atoms with van der Waals surface area (Å²) in [4.78, 5) is 15.4. The number of esters is 1. The van der Waals surface area contributed by atoms with E-state index in [0.717, 1.165) is 11.3 Å². The van der Waals surface area contributed by atoms with Crippen LogP contribution in [0, 0.1) is 18.3 Å². The molecule has 1 aromatic rings. The lowest BCUT2D eigenvalue weighted by Crippen LogP contribution is -2.06. The number of carbonyl (C=O) groups is 1. The van der Waals surface area contributed by atoms with Crippen molar-refractivity contribution < 1.29 is 9.53 Å². The molecule has 4 nitrogen and oxygen atoms in total. The van der Waals surface area contributed by atoms with E-state index in [1.54, 1.807) is 25.3 Å². The minimum absolute atomic E-state index is 0.00699. The van der Waals surface area contributed by atoms with Crippen LogP contribution in [0.15, 0.2) is 23.9 Å². The van der Waals surface area contributed by atoms with Crippen molar-refractivity contribution in [3.63, 3.8) is 0 Å². The third-order valence-corrected chi connectivity index (χ3v) is 1.85. The topological polar surface area (TPSA) is 63.0 Å². The SMILES string of the molecule is CCOC(=O)C(C#N)=Cc1ccnc(C)c1. The monoisotopic (exact) mass is 216 g/mol. The van der Waals surface area contributed by atoms with Crippen LogP contribution in [-0.2, 0) is 9.53 Å². The van der Waals surface area contributed by atoms with Crippen LogP contribution in [0.5, 0.6) is 0 Å². The van der Waals surface area contributed by atoms with Crippen molar-refractivity contribution >= 4 is 12.0 Å².